The van der Waals surface area contributed by atoms with Crippen molar-refractivity contribution in [1.29, 1.82) is 0 Å². The predicted octanol–water partition coefficient (Wildman–Crippen LogP) is 8.82. The van der Waals surface area contributed by atoms with Crippen LogP contribution in [0.2, 0.25) is 78.6 Å². The Morgan fingerprint density at radius 1 is 0.552 bits per heavy atom. The molecule has 0 radical (unpaired) electrons. The van der Waals surface area contributed by atoms with Crippen LogP contribution in [-0.4, -0.2) is 32.9 Å². The van der Waals surface area contributed by atoms with Crippen LogP contribution in [0.5, 0.6) is 0 Å². The van der Waals surface area contributed by atoms with Crippen molar-refractivity contribution in [2.75, 3.05) is 0 Å². The molecule has 0 atom stereocenters. The second-order valence-electron chi connectivity index (χ2n) is 11.7. The van der Waals surface area contributed by atoms with Crippen LogP contribution >= 0.6 is 0 Å². The van der Waals surface area contributed by atoms with E-state index in [0.29, 0.717) is 0 Å². The molecule has 29 heavy (non-hydrogen) atoms. The molecule has 0 aromatic carbocycles. The maximum absolute atomic E-state index is 4.82. The first-order valence-electron chi connectivity index (χ1n) is 10.8. The van der Waals surface area contributed by atoms with Crippen LogP contribution < -0.4 is 0 Å². The molecule has 0 saturated heterocycles. The average Bonchev–Trinajstić information content (AvgIpc) is 3.05. The van der Waals surface area contributed by atoms with Gasteiger partial charge >= 0.3 is 76.2 Å². The molecule has 0 amide bonds. The number of hydrogen-bond donors (Lipinski definition) is 0. The van der Waals surface area contributed by atoms with Crippen LogP contribution in [0.25, 0.3) is 9.30 Å². The van der Waals surface area contributed by atoms with Gasteiger partial charge in [0.25, 0.3) is 0 Å². The van der Waals surface area contributed by atoms with Gasteiger partial charge < -0.3 is 9.30 Å². The van der Waals surface area contributed by atoms with Crippen molar-refractivity contribution in [1.82, 2.24) is 0 Å². The molecule has 2 nitrogen and oxygen atoms in total. The summed E-state index contributed by atoms with van der Waals surface area (Å²) < 4.78 is 13.0. The van der Waals surface area contributed by atoms with Crippen LogP contribution in [0.3, 0.4) is 0 Å². The van der Waals surface area contributed by atoms with Gasteiger partial charge in [0.05, 0.1) is 0 Å². The van der Waals surface area contributed by atoms with Crippen molar-refractivity contribution >= 4 is 32.9 Å². The number of rotatable bonds is 6. The Kier molecular flexibility index (Phi) is 12.7. The summed E-state index contributed by atoms with van der Waals surface area (Å²) in [6.07, 6.45) is 15.9. The molecule has 0 saturated carbocycles. The average molecular weight is 499 g/mol. The summed E-state index contributed by atoms with van der Waals surface area (Å²) in [4.78, 5) is 0. The Hall–Kier alpha value is 0.462. The maximum Gasteiger partial charge on any atom is -0.0691 e. The molecule has 0 fully saturated rings. The van der Waals surface area contributed by atoms with Gasteiger partial charge in [-0.05, 0) is 0 Å². The van der Waals surface area contributed by atoms with E-state index in [2.05, 4.69) is 115 Å². The minimum absolute atomic E-state index is 0.0833. The topological polar surface area (TPSA) is 28.2 Å². The molecule has 164 valence electrons. The van der Waals surface area contributed by atoms with E-state index in [4.69, 9.17) is 9.30 Å². The van der Waals surface area contributed by atoms with Gasteiger partial charge in [-0.3, -0.25) is 0 Å². The number of allylic oxidation sites excluding steroid dienone is 8. The van der Waals surface area contributed by atoms with Crippen molar-refractivity contribution in [2.45, 2.75) is 91.4 Å². The molecule has 2 aliphatic rings. The third-order valence-corrected chi connectivity index (χ3v) is 16.1. The zero-order valence-electron chi connectivity index (χ0n) is 21.3. The first-order valence-corrected chi connectivity index (χ1v) is 26.2. The van der Waals surface area contributed by atoms with Crippen molar-refractivity contribution in [3.05, 3.63) is 53.5 Å². The van der Waals surface area contributed by atoms with Gasteiger partial charge in [0.15, 0.2) is 0 Å². The summed E-state index contributed by atoms with van der Waals surface area (Å²) in [7, 11) is -4.42. The fourth-order valence-electron chi connectivity index (χ4n) is 3.30. The van der Waals surface area contributed by atoms with Gasteiger partial charge in [0.1, 0.15) is 0 Å². The quantitative estimate of drug-likeness (QED) is 0.327. The maximum atomic E-state index is 4.82. The van der Waals surface area contributed by atoms with Crippen LogP contribution in [0, 0.1) is 0 Å². The van der Waals surface area contributed by atoms with Crippen molar-refractivity contribution in [3.8, 4) is 0 Å². The van der Waals surface area contributed by atoms with Gasteiger partial charge in [-0.1, -0.05) is 112 Å². The summed E-state index contributed by atoms with van der Waals surface area (Å²) in [5, 5.41) is 0. The molecular formula is C22H46N2Si4Ti. The Labute approximate surface area is 196 Å². The van der Waals surface area contributed by atoms with Crippen LogP contribution in [-0.2, 0) is 19.2 Å². The zero-order valence-corrected chi connectivity index (χ0v) is 26.8. The zero-order chi connectivity index (χ0) is 22.9. The second-order valence-corrected chi connectivity index (χ2v) is 33.2. The summed E-state index contributed by atoms with van der Waals surface area (Å²) >= 11 is 0.0833. The second kappa shape index (κ2) is 12.5. The molecular weight excluding hydrogens is 452 g/mol. The van der Waals surface area contributed by atoms with Crippen LogP contribution in [0.15, 0.2) is 44.2 Å². The molecule has 0 spiro atoms. The largest absolute Gasteiger partial charge is 0.668 e. The molecule has 7 heteroatoms. The van der Waals surface area contributed by atoms with Crippen LogP contribution in [0.4, 0.5) is 0 Å². The molecule has 0 unspecified atom stereocenters. The molecule has 0 bridgehead atoms. The summed E-state index contributed by atoms with van der Waals surface area (Å²) in [6, 6.07) is 0. The minimum Gasteiger partial charge on any atom is -0.668 e. The molecule has 0 aromatic rings. The normalized spacial score (nSPS) is 16.3. The standard InChI is InChI=1S/2C6H18NSi2.2C5H5.Ti/c2*1-8(2,3)7-9(4,5)6;2*1-2-4-5-3-1;/h2*1-6H3;2*1-3H,4H2;/q2*-1;;;+2. The molecule has 0 aromatic heterocycles. The fourth-order valence-corrected chi connectivity index (χ4v) is 21.3. The third-order valence-electron chi connectivity index (χ3n) is 3.21. The van der Waals surface area contributed by atoms with Gasteiger partial charge in [-0.2, -0.15) is 0 Å². The van der Waals surface area contributed by atoms with E-state index in [-0.39, 0.29) is 19.2 Å². The van der Waals surface area contributed by atoms with Crippen molar-refractivity contribution in [3.63, 3.8) is 0 Å². The van der Waals surface area contributed by atoms with Crippen molar-refractivity contribution < 1.29 is 19.2 Å². The predicted molar refractivity (Wildman–Crippen MR) is 144 cm³/mol. The number of nitrogens with zero attached hydrogens (tertiary/aromatic N) is 2. The summed E-state index contributed by atoms with van der Waals surface area (Å²) in [6.45, 7) is 27.6. The van der Waals surface area contributed by atoms with Crippen LogP contribution in [0.1, 0.15) is 12.8 Å². The van der Waals surface area contributed by atoms with E-state index in [0.717, 1.165) is 0 Å². The van der Waals surface area contributed by atoms with Gasteiger partial charge in [0, 0.05) is 0 Å². The first-order chi connectivity index (χ1) is 12.9. The van der Waals surface area contributed by atoms with E-state index in [9.17, 15) is 0 Å². The molecule has 0 heterocycles. The Bertz CT molecular complexity index is 533. The number of hydrogen-bond acceptors (Lipinski definition) is 0. The van der Waals surface area contributed by atoms with Gasteiger partial charge in [-0.15, -0.1) is 0 Å². The molecule has 0 N–H and O–H groups in total. The Balaban J connectivity index is 0.000000411. The fraction of sp³-hybridized carbons (Fsp3) is 0.636. The molecule has 2 rings (SSSR count). The Morgan fingerprint density at radius 3 is 0.966 bits per heavy atom. The molecule has 2 aliphatic carbocycles. The minimum atomic E-state index is -1.11. The van der Waals surface area contributed by atoms with E-state index < -0.39 is 32.9 Å². The molecule has 0 aliphatic heterocycles. The third kappa shape index (κ3) is 21.5. The van der Waals surface area contributed by atoms with Crippen molar-refractivity contribution in [2.24, 2.45) is 0 Å². The van der Waals surface area contributed by atoms with E-state index in [1.54, 1.807) is 7.76 Å². The summed E-state index contributed by atoms with van der Waals surface area (Å²) in [5.41, 5.74) is 0. The SMILES string of the molecule is C1=CC[C]([Ti+2][C]2=CC=CC2)=C1.C[Si](C)(C)[N-][Si](C)(C)C.C[Si](C)(C)[N-][Si](C)(C)C. The monoisotopic (exact) mass is 498 g/mol. The van der Waals surface area contributed by atoms with Gasteiger partial charge in [-0.25, -0.2) is 0 Å². The summed E-state index contributed by atoms with van der Waals surface area (Å²) in [5.74, 6) is 0. The van der Waals surface area contributed by atoms with E-state index in [1.165, 1.54) is 12.8 Å². The van der Waals surface area contributed by atoms with Gasteiger partial charge in [0.2, 0.25) is 0 Å². The Morgan fingerprint density at radius 2 is 0.828 bits per heavy atom. The van der Waals surface area contributed by atoms with E-state index in [1.807, 2.05) is 0 Å². The first kappa shape index (κ1) is 29.5. The van der Waals surface area contributed by atoms with E-state index >= 15 is 0 Å². The smallest absolute Gasteiger partial charge is 0.0691 e.